The number of rotatable bonds is 5. The zero-order valence-corrected chi connectivity index (χ0v) is 13.0. The van der Waals surface area contributed by atoms with Crippen LogP contribution in [-0.4, -0.2) is 22.1 Å². The lowest BCUT2D eigenvalue weighted by atomic mass is 10.1. The van der Waals surface area contributed by atoms with Crippen LogP contribution in [0.3, 0.4) is 0 Å². The number of aryl methyl sites for hydroxylation is 1. The predicted octanol–water partition coefficient (Wildman–Crippen LogP) is 1.79. The SMILES string of the molecule is Cc1ncn(CCNC(C)C(C)C)c(=O)c1I. The molecule has 0 radical (unpaired) electrons. The molecule has 0 amide bonds. The second-order valence-corrected chi connectivity index (χ2v) is 5.71. The lowest BCUT2D eigenvalue weighted by molar-refractivity contribution is 0.414. The van der Waals surface area contributed by atoms with Gasteiger partial charge in [-0.3, -0.25) is 9.36 Å². The van der Waals surface area contributed by atoms with Gasteiger partial charge in [-0.25, -0.2) is 4.98 Å². The fraction of sp³-hybridized carbons (Fsp3) is 0.667. The van der Waals surface area contributed by atoms with Crippen molar-refractivity contribution in [2.24, 2.45) is 5.92 Å². The molecule has 5 heteroatoms. The summed E-state index contributed by atoms with van der Waals surface area (Å²) in [5.74, 6) is 0.600. The van der Waals surface area contributed by atoms with Crippen molar-refractivity contribution in [3.8, 4) is 0 Å². The summed E-state index contributed by atoms with van der Waals surface area (Å²) in [5, 5.41) is 3.40. The smallest absolute Gasteiger partial charge is 0.267 e. The van der Waals surface area contributed by atoms with E-state index in [4.69, 9.17) is 0 Å². The van der Waals surface area contributed by atoms with E-state index >= 15 is 0 Å². The molecule has 1 heterocycles. The maximum Gasteiger partial charge on any atom is 0.267 e. The molecule has 0 spiro atoms. The summed E-state index contributed by atoms with van der Waals surface area (Å²) < 4.78 is 2.37. The first-order valence-electron chi connectivity index (χ1n) is 5.88. The lowest BCUT2D eigenvalue weighted by Crippen LogP contribution is -2.35. The Morgan fingerprint density at radius 2 is 2.12 bits per heavy atom. The van der Waals surface area contributed by atoms with Crippen molar-refractivity contribution in [1.82, 2.24) is 14.9 Å². The summed E-state index contributed by atoms with van der Waals surface area (Å²) in [6.07, 6.45) is 1.63. The first-order valence-corrected chi connectivity index (χ1v) is 6.96. The first kappa shape index (κ1) is 14.6. The van der Waals surface area contributed by atoms with E-state index in [0.29, 0.717) is 22.1 Å². The average Bonchev–Trinajstić information content (AvgIpc) is 2.28. The molecule has 1 aromatic rings. The third-order valence-electron chi connectivity index (χ3n) is 2.98. The van der Waals surface area contributed by atoms with Crippen molar-refractivity contribution in [2.75, 3.05) is 6.54 Å². The van der Waals surface area contributed by atoms with Gasteiger partial charge in [-0.1, -0.05) is 13.8 Å². The minimum atomic E-state index is 0.0529. The van der Waals surface area contributed by atoms with Crippen LogP contribution in [0.2, 0.25) is 0 Å². The molecule has 1 rings (SSSR count). The Hall–Kier alpha value is -0.430. The van der Waals surface area contributed by atoms with E-state index in [2.05, 4.69) is 53.7 Å². The van der Waals surface area contributed by atoms with Gasteiger partial charge in [0.25, 0.3) is 5.56 Å². The molecular weight excluding hydrogens is 329 g/mol. The van der Waals surface area contributed by atoms with Gasteiger partial charge in [-0.05, 0) is 42.4 Å². The topological polar surface area (TPSA) is 46.9 Å². The van der Waals surface area contributed by atoms with Gasteiger partial charge in [0.2, 0.25) is 0 Å². The van der Waals surface area contributed by atoms with Gasteiger partial charge >= 0.3 is 0 Å². The highest BCUT2D eigenvalue weighted by atomic mass is 127. The molecule has 0 saturated carbocycles. The maximum absolute atomic E-state index is 11.9. The normalized spacial score (nSPS) is 13.1. The second-order valence-electron chi connectivity index (χ2n) is 4.63. The molecule has 1 atom stereocenters. The highest BCUT2D eigenvalue weighted by Crippen LogP contribution is 2.01. The average molecular weight is 349 g/mol. The van der Waals surface area contributed by atoms with Crippen molar-refractivity contribution in [3.63, 3.8) is 0 Å². The number of nitrogens with zero attached hydrogens (tertiary/aromatic N) is 2. The Balaban J connectivity index is 2.59. The highest BCUT2D eigenvalue weighted by molar-refractivity contribution is 14.1. The lowest BCUT2D eigenvalue weighted by Gasteiger charge is -2.17. The van der Waals surface area contributed by atoms with Crippen LogP contribution in [0.1, 0.15) is 26.5 Å². The predicted molar refractivity (Wildman–Crippen MR) is 78.3 cm³/mol. The zero-order valence-electron chi connectivity index (χ0n) is 10.8. The maximum atomic E-state index is 11.9. The van der Waals surface area contributed by atoms with Gasteiger partial charge in [-0.2, -0.15) is 0 Å². The van der Waals surface area contributed by atoms with E-state index in [-0.39, 0.29) is 5.56 Å². The van der Waals surface area contributed by atoms with Crippen molar-refractivity contribution in [3.05, 3.63) is 25.9 Å². The van der Waals surface area contributed by atoms with E-state index in [9.17, 15) is 4.79 Å². The van der Waals surface area contributed by atoms with Crippen molar-refractivity contribution in [1.29, 1.82) is 0 Å². The Kier molecular flexibility index (Phi) is 5.58. The highest BCUT2D eigenvalue weighted by Gasteiger charge is 2.07. The van der Waals surface area contributed by atoms with Gasteiger partial charge < -0.3 is 5.32 Å². The van der Waals surface area contributed by atoms with Crippen molar-refractivity contribution >= 4 is 22.6 Å². The molecule has 1 unspecified atom stereocenters. The zero-order chi connectivity index (χ0) is 13.0. The molecule has 4 nitrogen and oxygen atoms in total. The van der Waals surface area contributed by atoms with Crippen LogP contribution in [0.25, 0.3) is 0 Å². The molecule has 0 aliphatic rings. The van der Waals surface area contributed by atoms with Crippen molar-refractivity contribution in [2.45, 2.75) is 40.3 Å². The summed E-state index contributed by atoms with van der Waals surface area (Å²) in [5.41, 5.74) is 0.854. The van der Waals surface area contributed by atoms with Gasteiger partial charge in [0.1, 0.15) is 0 Å². The summed E-state index contributed by atoms with van der Waals surface area (Å²) in [6.45, 7) is 9.83. The summed E-state index contributed by atoms with van der Waals surface area (Å²) >= 11 is 2.05. The van der Waals surface area contributed by atoms with Gasteiger partial charge in [-0.15, -0.1) is 0 Å². The molecule has 0 fully saturated rings. The van der Waals surface area contributed by atoms with Crippen molar-refractivity contribution < 1.29 is 0 Å². The number of hydrogen-bond acceptors (Lipinski definition) is 3. The molecule has 17 heavy (non-hydrogen) atoms. The summed E-state index contributed by atoms with van der Waals surface area (Å²) in [6, 6.07) is 0.461. The summed E-state index contributed by atoms with van der Waals surface area (Å²) in [4.78, 5) is 16.1. The number of aromatic nitrogens is 2. The third-order valence-corrected chi connectivity index (χ3v) is 4.22. The molecule has 96 valence electrons. The second kappa shape index (κ2) is 6.49. The molecule has 0 saturated heterocycles. The Labute approximate surface area is 116 Å². The van der Waals surface area contributed by atoms with E-state index in [1.807, 2.05) is 6.92 Å². The molecule has 0 aliphatic carbocycles. The van der Waals surface area contributed by atoms with E-state index < -0.39 is 0 Å². The van der Waals surface area contributed by atoms with Crippen LogP contribution in [0.15, 0.2) is 11.1 Å². The summed E-state index contributed by atoms with van der Waals surface area (Å²) in [7, 11) is 0. The first-order chi connectivity index (χ1) is 7.93. The van der Waals surface area contributed by atoms with Gasteiger partial charge in [0, 0.05) is 19.1 Å². The molecule has 1 aromatic heterocycles. The van der Waals surface area contributed by atoms with E-state index in [0.717, 1.165) is 12.2 Å². The fourth-order valence-electron chi connectivity index (χ4n) is 1.35. The minimum Gasteiger partial charge on any atom is -0.312 e. The number of halogens is 1. The Morgan fingerprint density at radius 3 is 2.71 bits per heavy atom. The molecule has 0 bridgehead atoms. The molecule has 0 aromatic carbocycles. The van der Waals surface area contributed by atoms with Crippen LogP contribution in [0, 0.1) is 16.4 Å². The van der Waals surface area contributed by atoms with Gasteiger partial charge in [0.05, 0.1) is 15.6 Å². The monoisotopic (exact) mass is 349 g/mol. The van der Waals surface area contributed by atoms with E-state index in [1.54, 1.807) is 10.9 Å². The Bertz CT molecular complexity index is 428. The number of nitrogens with one attached hydrogen (secondary N) is 1. The van der Waals surface area contributed by atoms with Crippen LogP contribution < -0.4 is 10.9 Å². The molecule has 0 aliphatic heterocycles. The van der Waals surface area contributed by atoms with Crippen LogP contribution in [0.5, 0.6) is 0 Å². The minimum absolute atomic E-state index is 0.0529. The number of hydrogen-bond donors (Lipinski definition) is 1. The third kappa shape index (κ3) is 4.06. The Morgan fingerprint density at radius 1 is 1.47 bits per heavy atom. The van der Waals surface area contributed by atoms with Crippen LogP contribution in [-0.2, 0) is 6.54 Å². The van der Waals surface area contributed by atoms with Crippen LogP contribution >= 0.6 is 22.6 Å². The molecular formula is C12H20IN3O. The molecule has 1 N–H and O–H groups in total. The quantitative estimate of drug-likeness (QED) is 0.825. The van der Waals surface area contributed by atoms with Gasteiger partial charge in [0.15, 0.2) is 0 Å². The largest absolute Gasteiger partial charge is 0.312 e. The van der Waals surface area contributed by atoms with Crippen LogP contribution in [0.4, 0.5) is 0 Å². The fourth-order valence-corrected chi connectivity index (χ4v) is 1.80. The standard InChI is InChI=1S/C12H20IN3O/c1-8(2)9(3)14-5-6-16-7-15-10(4)11(13)12(16)17/h7-9,14H,5-6H2,1-4H3. The van der Waals surface area contributed by atoms with E-state index in [1.165, 1.54) is 0 Å².